The summed E-state index contributed by atoms with van der Waals surface area (Å²) in [6.45, 7) is -0.199. The first kappa shape index (κ1) is 15.0. The number of hydrogen-bond donors (Lipinski definition) is 0. The van der Waals surface area contributed by atoms with Gasteiger partial charge in [-0.3, -0.25) is 0 Å². The van der Waals surface area contributed by atoms with Gasteiger partial charge in [0.05, 0.1) is 0 Å². The van der Waals surface area contributed by atoms with Gasteiger partial charge < -0.3 is 14.2 Å². The summed E-state index contributed by atoms with van der Waals surface area (Å²) in [7, 11) is 0. The minimum atomic E-state index is -3.02. The van der Waals surface area contributed by atoms with Crippen LogP contribution in [-0.2, 0) is 19.1 Å². The highest BCUT2D eigenvalue weighted by molar-refractivity contribution is 6.19. The topological polar surface area (TPSA) is 61.8 Å². The van der Waals surface area contributed by atoms with Gasteiger partial charge in [-0.15, -0.1) is 0 Å². The van der Waals surface area contributed by atoms with E-state index in [1.54, 1.807) is 6.07 Å². The summed E-state index contributed by atoms with van der Waals surface area (Å²) in [6, 6.07) is 5.75. The highest BCUT2D eigenvalue weighted by Crippen LogP contribution is 2.27. The number of cyclic esters (lactones) is 2. The van der Waals surface area contributed by atoms with Gasteiger partial charge >= 0.3 is 18.6 Å². The van der Waals surface area contributed by atoms with Crippen LogP contribution in [0.5, 0.6) is 5.75 Å². The Morgan fingerprint density at radius 2 is 1.71 bits per heavy atom. The van der Waals surface area contributed by atoms with Gasteiger partial charge in [0.1, 0.15) is 11.3 Å². The quantitative estimate of drug-likeness (QED) is 0.487. The number of benzene rings is 1. The third-order valence-electron chi connectivity index (χ3n) is 2.55. The molecular weight excluding hydrogens is 286 g/mol. The maximum Gasteiger partial charge on any atom is 0.387 e. The van der Waals surface area contributed by atoms with E-state index in [1.165, 1.54) is 32.0 Å². The Balaban J connectivity index is 2.36. The molecule has 1 aromatic carbocycles. The van der Waals surface area contributed by atoms with Gasteiger partial charge in [-0.1, -0.05) is 18.2 Å². The third kappa shape index (κ3) is 3.56. The van der Waals surface area contributed by atoms with Gasteiger partial charge in [-0.2, -0.15) is 8.78 Å². The van der Waals surface area contributed by atoms with Crippen molar-refractivity contribution < 1.29 is 32.6 Å². The van der Waals surface area contributed by atoms with E-state index in [0.717, 1.165) is 6.08 Å². The molecule has 0 saturated carbocycles. The van der Waals surface area contributed by atoms with Crippen LogP contribution in [0.15, 0.2) is 29.8 Å². The number of hydrogen-bond acceptors (Lipinski definition) is 5. The van der Waals surface area contributed by atoms with Crippen LogP contribution in [0.3, 0.4) is 0 Å². The summed E-state index contributed by atoms with van der Waals surface area (Å²) in [5, 5.41) is 0. The summed E-state index contributed by atoms with van der Waals surface area (Å²) < 4.78 is 38.8. The zero-order valence-electron chi connectivity index (χ0n) is 11.3. The van der Waals surface area contributed by atoms with Crippen molar-refractivity contribution in [1.29, 1.82) is 0 Å². The molecule has 1 heterocycles. The molecule has 0 N–H and O–H groups in total. The molecular formula is C14H12F2O5. The second-order valence-electron chi connectivity index (χ2n) is 4.65. The van der Waals surface area contributed by atoms with Crippen molar-refractivity contribution in [3.8, 4) is 5.75 Å². The number of rotatable bonds is 3. The molecule has 1 aromatic rings. The minimum Gasteiger partial charge on any atom is -0.434 e. The molecule has 1 aliphatic rings. The molecule has 0 unspecified atom stereocenters. The highest BCUT2D eigenvalue weighted by atomic mass is 19.3. The van der Waals surface area contributed by atoms with Gasteiger partial charge in [0, 0.05) is 19.4 Å². The number of esters is 2. The van der Waals surface area contributed by atoms with Crippen molar-refractivity contribution in [2.45, 2.75) is 26.2 Å². The second-order valence-corrected chi connectivity index (χ2v) is 4.65. The van der Waals surface area contributed by atoms with E-state index in [-0.39, 0.29) is 16.9 Å². The fourth-order valence-electron chi connectivity index (χ4n) is 1.74. The summed E-state index contributed by atoms with van der Waals surface area (Å²) in [5.41, 5.74) is -0.249. The fourth-order valence-corrected chi connectivity index (χ4v) is 1.74. The Kier molecular flexibility index (Phi) is 3.93. The van der Waals surface area contributed by atoms with Crippen LogP contribution in [0.2, 0.25) is 0 Å². The van der Waals surface area contributed by atoms with Crippen LogP contribution in [0.1, 0.15) is 19.4 Å². The van der Waals surface area contributed by atoms with E-state index < -0.39 is 24.3 Å². The van der Waals surface area contributed by atoms with E-state index in [2.05, 4.69) is 4.74 Å². The number of ether oxygens (including phenoxy) is 3. The summed E-state index contributed by atoms with van der Waals surface area (Å²) >= 11 is 0. The first-order chi connectivity index (χ1) is 9.78. The van der Waals surface area contributed by atoms with Crippen molar-refractivity contribution in [3.05, 3.63) is 35.4 Å². The average molecular weight is 298 g/mol. The number of para-hydroxylation sites is 1. The van der Waals surface area contributed by atoms with Crippen LogP contribution in [0.25, 0.3) is 6.08 Å². The van der Waals surface area contributed by atoms with Crippen LogP contribution in [0.4, 0.5) is 8.78 Å². The average Bonchev–Trinajstić information content (AvgIpc) is 2.33. The Hall–Kier alpha value is -2.44. The maximum absolute atomic E-state index is 12.3. The van der Waals surface area contributed by atoms with E-state index in [9.17, 15) is 18.4 Å². The van der Waals surface area contributed by atoms with Crippen molar-refractivity contribution in [2.24, 2.45) is 0 Å². The summed E-state index contributed by atoms with van der Waals surface area (Å²) in [6.07, 6.45) is 1.09. The maximum atomic E-state index is 12.3. The van der Waals surface area contributed by atoms with Crippen LogP contribution >= 0.6 is 0 Å². The molecule has 2 rings (SSSR count). The molecule has 21 heavy (non-hydrogen) atoms. The lowest BCUT2D eigenvalue weighted by atomic mass is 10.1. The van der Waals surface area contributed by atoms with Gasteiger partial charge in [-0.05, 0) is 12.1 Å². The molecule has 1 fully saturated rings. The van der Waals surface area contributed by atoms with E-state index in [0.29, 0.717) is 0 Å². The molecule has 1 aliphatic heterocycles. The van der Waals surface area contributed by atoms with Crippen molar-refractivity contribution in [3.63, 3.8) is 0 Å². The number of halogens is 2. The first-order valence-electron chi connectivity index (χ1n) is 6.01. The van der Waals surface area contributed by atoms with Crippen LogP contribution in [-0.4, -0.2) is 24.3 Å². The fraction of sp³-hybridized carbons (Fsp3) is 0.286. The van der Waals surface area contributed by atoms with Crippen LogP contribution < -0.4 is 4.74 Å². The molecule has 112 valence electrons. The van der Waals surface area contributed by atoms with E-state index >= 15 is 0 Å². The van der Waals surface area contributed by atoms with Crippen molar-refractivity contribution in [1.82, 2.24) is 0 Å². The molecule has 1 saturated heterocycles. The summed E-state index contributed by atoms with van der Waals surface area (Å²) in [4.78, 5) is 23.6. The predicted molar refractivity (Wildman–Crippen MR) is 67.3 cm³/mol. The second kappa shape index (κ2) is 5.51. The lowest BCUT2D eigenvalue weighted by molar-refractivity contribution is -0.222. The number of carbonyl (C=O) groups is 2. The minimum absolute atomic E-state index is 0.140. The SMILES string of the molecule is CC1(C)OC(=O)C(=Cc2ccccc2OC(F)F)C(=O)O1. The van der Waals surface area contributed by atoms with Crippen molar-refractivity contribution >= 4 is 18.0 Å². The molecule has 0 atom stereocenters. The summed E-state index contributed by atoms with van der Waals surface area (Å²) in [5.74, 6) is -3.29. The van der Waals surface area contributed by atoms with Crippen LogP contribution in [0, 0.1) is 0 Å². The van der Waals surface area contributed by atoms with E-state index in [1.807, 2.05) is 0 Å². The smallest absolute Gasteiger partial charge is 0.387 e. The third-order valence-corrected chi connectivity index (χ3v) is 2.55. The molecule has 7 heteroatoms. The number of alkyl halides is 2. The predicted octanol–water partition coefficient (Wildman–Crippen LogP) is 2.51. The zero-order chi connectivity index (χ0) is 15.6. The van der Waals surface area contributed by atoms with Gasteiger partial charge in [0.15, 0.2) is 0 Å². The molecule has 0 amide bonds. The lowest BCUT2D eigenvalue weighted by Gasteiger charge is -2.29. The monoisotopic (exact) mass is 298 g/mol. The molecule has 0 radical (unpaired) electrons. The molecule has 0 bridgehead atoms. The highest BCUT2D eigenvalue weighted by Gasteiger charge is 2.39. The van der Waals surface area contributed by atoms with Gasteiger partial charge in [0.25, 0.3) is 5.79 Å². The largest absolute Gasteiger partial charge is 0.434 e. The normalized spacial score (nSPS) is 17.3. The zero-order valence-corrected chi connectivity index (χ0v) is 11.3. The molecule has 5 nitrogen and oxygen atoms in total. The van der Waals surface area contributed by atoms with Gasteiger partial charge in [-0.25, -0.2) is 9.59 Å². The standard InChI is InChI=1S/C14H12F2O5/c1-14(2)20-11(17)9(12(18)21-14)7-8-5-3-4-6-10(8)19-13(15)16/h3-7,13H,1-2H3. The Bertz CT molecular complexity index is 585. The van der Waals surface area contributed by atoms with Crippen molar-refractivity contribution in [2.75, 3.05) is 0 Å². The van der Waals surface area contributed by atoms with Gasteiger partial charge in [0.2, 0.25) is 0 Å². The molecule has 0 aromatic heterocycles. The number of carbonyl (C=O) groups excluding carboxylic acids is 2. The lowest BCUT2D eigenvalue weighted by Crippen LogP contribution is -2.41. The van der Waals surface area contributed by atoms with E-state index in [4.69, 9.17) is 9.47 Å². The molecule has 0 spiro atoms. The Morgan fingerprint density at radius 3 is 2.29 bits per heavy atom. The Labute approximate surface area is 119 Å². The Morgan fingerprint density at radius 1 is 1.14 bits per heavy atom. The first-order valence-corrected chi connectivity index (χ1v) is 6.01. The molecule has 0 aliphatic carbocycles.